The van der Waals surface area contributed by atoms with E-state index in [9.17, 15) is 5.11 Å². The lowest BCUT2D eigenvalue weighted by atomic mass is 9.49. The first-order valence-corrected chi connectivity index (χ1v) is 13.9. The van der Waals surface area contributed by atoms with Gasteiger partial charge in [0.05, 0.1) is 6.10 Å². The summed E-state index contributed by atoms with van der Waals surface area (Å²) in [6.07, 6.45) is 17.8. The van der Waals surface area contributed by atoms with Crippen LogP contribution in [0.1, 0.15) is 119 Å². The minimum atomic E-state index is -0.109. The van der Waals surface area contributed by atoms with Gasteiger partial charge < -0.3 is 5.11 Å². The van der Waals surface area contributed by atoms with Crippen LogP contribution < -0.4 is 0 Å². The van der Waals surface area contributed by atoms with E-state index in [-0.39, 0.29) is 6.10 Å². The maximum atomic E-state index is 10.6. The van der Waals surface area contributed by atoms with E-state index in [0.717, 1.165) is 48.3 Å². The maximum absolute atomic E-state index is 10.6. The van der Waals surface area contributed by atoms with Gasteiger partial charge in [0.1, 0.15) is 0 Å². The van der Waals surface area contributed by atoms with Crippen molar-refractivity contribution in [3.05, 3.63) is 12.7 Å². The molecule has 31 heavy (non-hydrogen) atoms. The van der Waals surface area contributed by atoms with E-state index in [2.05, 4.69) is 48.1 Å². The van der Waals surface area contributed by atoms with Gasteiger partial charge in [-0.2, -0.15) is 0 Å². The topological polar surface area (TPSA) is 20.2 Å². The summed E-state index contributed by atoms with van der Waals surface area (Å²) in [6, 6.07) is 0. The van der Waals surface area contributed by atoms with Crippen molar-refractivity contribution in [2.45, 2.75) is 125 Å². The Labute approximate surface area is 194 Å². The number of hydrogen-bond acceptors (Lipinski definition) is 1. The van der Waals surface area contributed by atoms with Crippen LogP contribution in [0, 0.1) is 52.3 Å². The highest BCUT2D eigenvalue weighted by atomic mass is 16.3. The molecule has 3 saturated carbocycles. The van der Waals surface area contributed by atoms with E-state index in [1.807, 2.05) is 6.08 Å². The van der Waals surface area contributed by atoms with E-state index in [1.54, 1.807) is 0 Å². The molecular formula is C30H54O. The van der Waals surface area contributed by atoms with Crippen LogP contribution in [-0.2, 0) is 0 Å². The van der Waals surface area contributed by atoms with Crippen molar-refractivity contribution >= 4 is 0 Å². The predicted molar refractivity (Wildman–Crippen MR) is 135 cm³/mol. The number of allylic oxidation sites excluding steroid dienone is 1. The molecule has 0 aromatic rings. The Morgan fingerprint density at radius 3 is 2.39 bits per heavy atom. The molecule has 0 aliphatic heterocycles. The Morgan fingerprint density at radius 2 is 1.74 bits per heavy atom. The van der Waals surface area contributed by atoms with Crippen molar-refractivity contribution in [2.75, 3.05) is 0 Å². The zero-order valence-corrected chi connectivity index (χ0v) is 21.8. The van der Waals surface area contributed by atoms with Gasteiger partial charge >= 0.3 is 0 Å². The number of aliphatic hydroxyl groups excluding tert-OH is 1. The zero-order chi connectivity index (χ0) is 22.8. The van der Waals surface area contributed by atoms with E-state index in [4.69, 9.17) is 0 Å². The minimum absolute atomic E-state index is 0.109. The van der Waals surface area contributed by atoms with E-state index in [1.165, 1.54) is 64.2 Å². The van der Waals surface area contributed by atoms with Crippen molar-refractivity contribution in [1.29, 1.82) is 0 Å². The molecule has 0 heterocycles. The first-order chi connectivity index (χ1) is 14.7. The fourth-order valence-electron chi connectivity index (χ4n) is 9.09. The fourth-order valence-corrected chi connectivity index (χ4v) is 9.09. The SMILES string of the molecule is C=CC[C@H]1C[C@@](C)([C@H]2CC[C@]3(C)[C@@H]([C@H](C)CCCC(C)C)CC[C@H]3[C@@H]2CC)CC[C@@H]1O. The zero-order valence-electron chi connectivity index (χ0n) is 21.8. The lowest BCUT2D eigenvalue weighted by Crippen LogP contribution is -2.49. The van der Waals surface area contributed by atoms with Crippen LogP contribution in [0.5, 0.6) is 0 Å². The fraction of sp³-hybridized carbons (Fsp3) is 0.933. The molecule has 1 nitrogen and oxygen atoms in total. The number of hydrogen-bond donors (Lipinski definition) is 1. The van der Waals surface area contributed by atoms with Crippen LogP contribution in [0.3, 0.4) is 0 Å². The molecule has 1 N–H and O–H groups in total. The summed E-state index contributed by atoms with van der Waals surface area (Å²) in [6.45, 7) is 19.1. The molecular weight excluding hydrogens is 376 g/mol. The highest BCUT2D eigenvalue weighted by molar-refractivity contribution is 5.07. The summed E-state index contributed by atoms with van der Waals surface area (Å²) in [5, 5.41) is 10.6. The molecule has 9 atom stereocenters. The third-order valence-corrected chi connectivity index (χ3v) is 10.8. The van der Waals surface area contributed by atoms with Gasteiger partial charge in [0.2, 0.25) is 0 Å². The molecule has 1 heteroatoms. The standard InChI is InChI=1S/C30H54O/c1-8-11-23-20-29(6,18-17-28(23)31)26-16-19-30(7)25(14-15-27(30)24(26)9-2)22(5)13-10-12-21(3)4/h8,21-28,31H,1,9-20H2,2-7H3/t22-,23+,24-,25-,26+,27+,28+,29+,30-/m1/s1. The van der Waals surface area contributed by atoms with Crippen molar-refractivity contribution in [3.8, 4) is 0 Å². The highest BCUT2D eigenvalue weighted by Gasteiger charge is 2.57. The Balaban J connectivity index is 1.72. The average molecular weight is 431 g/mol. The Kier molecular flexibility index (Phi) is 8.43. The van der Waals surface area contributed by atoms with E-state index < -0.39 is 0 Å². The van der Waals surface area contributed by atoms with E-state index in [0.29, 0.717) is 16.7 Å². The monoisotopic (exact) mass is 430 g/mol. The van der Waals surface area contributed by atoms with Gasteiger partial charge in [-0.1, -0.05) is 73.3 Å². The summed E-state index contributed by atoms with van der Waals surface area (Å²) in [5.74, 6) is 5.77. The molecule has 3 fully saturated rings. The summed E-state index contributed by atoms with van der Waals surface area (Å²) in [7, 11) is 0. The second-order valence-electron chi connectivity index (χ2n) is 13.1. The normalized spacial score (nSPS) is 44.3. The largest absolute Gasteiger partial charge is 0.393 e. The molecule has 0 bridgehead atoms. The maximum Gasteiger partial charge on any atom is 0.0571 e. The highest BCUT2D eigenvalue weighted by Crippen LogP contribution is 2.65. The van der Waals surface area contributed by atoms with Crippen LogP contribution in [0.4, 0.5) is 0 Å². The first kappa shape index (κ1) is 25.3. The third kappa shape index (κ3) is 5.12. The number of fused-ring (bicyclic) bond motifs is 1. The van der Waals surface area contributed by atoms with Crippen molar-refractivity contribution in [2.24, 2.45) is 52.3 Å². The second kappa shape index (κ2) is 10.3. The molecule has 0 radical (unpaired) electrons. The Morgan fingerprint density at radius 1 is 1.00 bits per heavy atom. The van der Waals surface area contributed by atoms with Crippen LogP contribution in [0.25, 0.3) is 0 Å². The molecule has 0 unspecified atom stereocenters. The van der Waals surface area contributed by atoms with Gasteiger partial charge in [0, 0.05) is 0 Å². The smallest absolute Gasteiger partial charge is 0.0571 e. The van der Waals surface area contributed by atoms with Gasteiger partial charge in [-0.05, 0) is 104 Å². The molecule has 180 valence electrons. The summed E-state index contributed by atoms with van der Waals surface area (Å²) >= 11 is 0. The summed E-state index contributed by atoms with van der Waals surface area (Å²) < 4.78 is 0. The molecule has 0 aromatic carbocycles. The van der Waals surface area contributed by atoms with Gasteiger partial charge in [-0.15, -0.1) is 6.58 Å². The van der Waals surface area contributed by atoms with Crippen LogP contribution in [0.2, 0.25) is 0 Å². The van der Waals surface area contributed by atoms with Gasteiger partial charge in [0.25, 0.3) is 0 Å². The van der Waals surface area contributed by atoms with Crippen LogP contribution in [0.15, 0.2) is 12.7 Å². The van der Waals surface area contributed by atoms with Gasteiger partial charge in [-0.3, -0.25) is 0 Å². The lowest BCUT2D eigenvalue weighted by molar-refractivity contribution is -0.0858. The van der Waals surface area contributed by atoms with Crippen molar-refractivity contribution in [1.82, 2.24) is 0 Å². The van der Waals surface area contributed by atoms with Gasteiger partial charge in [-0.25, -0.2) is 0 Å². The molecule has 3 aliphatic rings. The van der Waals surface area contributed by atoms with Crippen LogP contribution >= 0.6 is 0 Å². The van der Waals surface area contributed by atoms with Crippen molar-refractivity contribution < 1.29 is 5.11 Å². The van der Waals surface area contributed by atoms with Crippen LogP contribution in [-0.4, -0.2) is 11.2 Å². The minimum Gasteiger partial charge on any atom is -0.393 e. The predicted octanol–water partition coefficient (Wildman–Crippen LogP) is 8.66. The molecule has 0 amide bonds. The Hall–Kier alpha value is -0.300. The Bertz CT molecular complexity index is 581. The molecule has 0 saturated heterocycles. The number of aliphatic hydroxyl groups is 1. The summed E-state index contributed by atoms with van der Waals surface area (Å²) in [5.41, 5.74) is 0.982. The second-order valence-corrected chi connectivity index (χ2v) is 13.1. The first-order valence-electron chi connectivity index (χ1n) is 13.9. The average Bonchev–Trinajstić information content (AvgIpc) is 3.07. The number of rotatable bonds is 9. The quantitative estimate of drug-likeness (QED) is 0.363. The van der Waals surface area contributed by atoms with Crippen molar-refractivity contribution in [3.63, 3.8) is 0 Å². The van der Waals surface area contributed by atoms with Gasteiger partial charge in [0.15, 0.2) is 0 Å². The molecule has 0 spiro atoms. The summed E-state index contributed by atoms with van der Waals surface area (Å²) in [4.78, 5) is 0. The third-order valence-electron chi connectivity index (χ3n) is 10.8. The van der Waals surface area contributed by atoms with E-state index >= 15 is 0 Å². The lowest BCUT2D eigenvalue weighted by Gasteiger charge is -2.56. The molecule has 0 aromatic heterocycles. The molecule has 3 rings (SSSR count). The molecule has 3 aliphatic carbocycles.